The fourth-order valence-electron chi connectivity index (χ4n) is 4.08. The van der Waals surface area contributed by atoms with Gasteiger partial charge in [0.25, 0.3) is 0 Å². The van der Waals surface area contributed by atoms with Crippen LogP contribution in [0.25, 0.3) is 0 Å². The molecule has 0 aliphatic carbocycles. The minimum atomic E-state index is -0.204. The molecule has 0 spiro atoms. The van der Waals surface area contributed by atoms with E-state index in [9.17, 15) is 5.11 Å². The molecule has 166 valence electrons. The van der Waals surface area contributed by atoms with Crippen molar-refractivity contribution in [3.05, 3.63) is 57.7 Å². The third-order valence-electron chi connectivity index (χ3n) is 6.40. The summed E-state index contributed by atoms with van der Waals surface area (Å²) in [5, 5.41) is 10.5. The summed E-state index contributed by atoms with van der Waals surface area (Å²) in [4.78, 5) is 0. The highest BCUT2D eigenvalue weighted by Gasteiger charge is 2.33. The van der Waals surface area contributed by atoms with E-state index in [0.717, 1.165) is 68.1 Å². The highest BCUT2D eigenvalue weighted by molar-refractivity contribution is 5.55. The van der Waals surface area contributed by atoms with Crippen LogP contribution in [0.4, 0.5) is 0 Å². The molecule has 1 aliphatic heterocycles. The van der Waals surface area contributed by atoms with Crippen molar-refractivity contribution in [2.75, 3.05) is 0 Å². The van der Waals surface area contributed by atoms with Crippen LogP contribution in [0.2, 0.25) is 0 Å². The Morgan fingerprint density at radius 1 is 1.00 bits per heavy atom. The van der Waals surface area contributed by atoms with Gasteiger partial charge >= 0.3 is 0 Å². The summed E-state index contributed by atoms with van der Waals surface area (Å²) in [7, 11) is 0. The zero-order valence-electron chi connectivity index (χ0n) is 20.3. The fraction of sp³-hybridized carbons (Fsp3) is 0.571. The van der Waals surface area contributed by atoms with E-state index in [2.05, 4.69) is 65.8 Å². The summed E-state index contributed by atoms with van der Waals surface area (Å²) in [6.07, 6.45) is 15.6. The molecule has 1 heterocycles. The molecule has 0 saturated heterocycles. The summed E-state index contributed by atoms with van der Waals surface area (Å²) in [5.74, 6) is 1.04. The van der Waals surface area contributed by atoms with Gasteiger partial charge in [0.2, 0.25) is 0 Å². The molecule has 0 fully saturated rings. The first-order valence-corrected chi connectivity index (χ1v) is 11.6. The van der Waals surface area contributed by atoms with Crippen molar-refractivity contribution in [3.8, 4) is 11.5 Å². The molecule has 1 aliphatic rings. The Morgan fingerprint density at radius 2 is 1.60 bits per heavy atom. The first-order chi connectivity index (χ1) is 14.1. The molecular weight excluding hydrogens is 368 g/mol. The number of rotatable bonds is 9. The third-order valence-corrected chi connectivity index (χ3v) is 6.40. The minimum Gasteiger partial charge on any atom is -0.504 e. The lowest BCUT2D eigenvalue weighted by Gasteiger charge is -2.36. The smallest absolute Gasteiger partial charge is 0.165 e. The summed E-state index contributed by atoms with van der Waals surface area (Å²) in [5.41, 5.74) is 7.36. The molecule has 1 N–H and O–H groups in total. The molecule has 0 radical (unpaired) electrons. The lowest BCUT2D eigenvalue weighted by atomic mass is 9.87. The van der Waals surface area contributed by atoms with E-state index in [1.54, 1.807) is 0 Å². The molecular formula is C28H42O2. The maximum Gasteiger partial charge on any atom is 0.165 e. The summed E-state index contributed by atoms with van der Waals surface area (Å²) in [6, 6.07) is 2.17. The number of allylic oxidation sites excluding steroid dienone is 6. The van der Waals surface area contributed by atoms with Crippen LogP contribution in [0.1, 0.15) is 96.3 Å². The van der Waals surface area contributed by atoms with Gasteiger partial charge in [-0.1, -0.05) is 41.0 Å². The van der Waals surface area contributed by atoms with Crippen LogP contribution in [-0.4, -0.2) is 10.7 Å². The average Bonchev–Trinajstić information content (AvgIpc) is 2.67. The zero-order chi connectivity index (χ0) is 22.3. The van der Waals surface area contributed by atoms with E-state index in [0.29, 0.717) is 11.5 Å². The lowest BCUT2D eigenvalue weighted by Crippen LogP contribution is -2.36. The fourth-order valence-corrected chi connectivity index (χ4v) is 4.08. The second-order valence-corrected chi connectivity index (χ2v) is 9.71. The summed E-state index contributed by atoms with van der Waals surface area (Å²) < 4.78 is 6.34. The van der Waals surface area contributed by atoms with Crippen LogP contribution in [0.3, 0.4) is 0 Å². The van der Waals surface area contributed by atoms with Crippen molar-refractivity contribution in [1.82, 2.24) is 0 Å². The molecule has 0 unspecified atom stereocenters. The van der Waals surface area contributed by atoms with Crippen LogP contribution in [0.15, 0.2) is 41.0 Å². The molecule has 1 aromatic rings. The van der Waals surface area contributed by atoms with Crippen molar-refractivity contribution in [1.29, 1.82) is 0 Å². The number of ether oxygens (including phenoxy) is 1. The van der Waals surface area contributed by atoms with Gasteiger partial charge in [0, 0.05) is 0 Å². The maximum atomic E-state index is 10.5. The van der Waals surface area contributed by atoms with Gasteiger partial charge in [-0.2, -0.15) is 0 Å². The van der Waals surface area contributed by atoms with Gasteiger partial charge in [-0.25, -0.2) is 0 Å². The van der Waals surface area contributed by atoms with Crippen molar-refractivity contribution in [2.24, 2.45) is 0 Å². The van der Waals surface area contributed by atoms with E-state index in [4.69, 9.17) is 4.74 Å². The van der Waals surface area contributed by atoms with Crippen molar-refractivity contribution in [3.63, 3.8) is 0 Å². The van der Waals surface area contributed by atoms with Gasteiger partial charge in [-0.05, 0) is 117 Å². The van der Waals surface area contributed by atoms with Gasteiger partial charge < -0.3 is 9.84 Å². The number of hydrogen-bond donors (Lipinski definition) is 1. The number of hydrogen-bond acceptors (Lipinski definition) is 2. The number of fused-ring (bicyclic) bond motifs is 1. The quantitative estimate of drug-likeness (QED) is 0.415. The monoisotopic (exact) mass is 410 g/mol. The topological polar surface area (TPSA) is 29.5 Å². The SMILES string of the molecule is CC(C)=CCC/C(C)=C/CC/C(C)=C/CC[C@@]1(C)CCc2cc(C)c(C)c(O)c2O1. The highest BCUT2D eigenvalue weighted by atomic mass is 16.5. The van der Waals surface area contributed by atoms with E-state index < -0.39 is 0 Å². The van der Waals surface area contributed by atoms with Crippen molar-refractivity contribution >= 4 is 0 Å². The summed E-state index contributed by atoms with van der Waals surface area (Å²) in [6.45, 7) is 15.0. The molecule has 1 atom stereocenters. The van der Waals surface area contributed by atoms with E-state index >= 15 is 0 Å². The predicted molar refractivity (Wildman–Crippen MR) is 130 cm³/mol. The summed E-state index contributed by atoms with van der Waals surface area (Å²) >= 11 is 0. The second kappa shape index (κ2) is 10.9. The first-order valence-electron chi connectivity index (χ1n) is 11.6. The van der Waals surface area contributed by atoms with E-state index in [-0.39, 0.29) is 5.60 Å². The molecule has 0 amide bonds. The zero-order valence-corrected chi connectivity index (χ0v) is 20.3. The number of benzene rings is 1. The Kier molecular flexibility index (Phi) is 8.82. The molecule has 1 aromatic carbocycles. The van der Waals surface area contributed by atoms with E-state index in [1.165, 1.54) is 16.7 Å². The molecule has 0 aromatic heterocycles. The average molecular weight is 411 g/mol. The third kappa shape index (κ3) is 7.07. The Morgan fingerprint density at radius 3 is 2.23 bits per heavy atom. The molecule has 0 saturated carbocycles. The van der Waals surface area contributed by atoms with Crippen LogP contribution in [-0.2, 0) is 6.42 Å². The number of phenolic OH excluding ortho intramolecular Hbond substituents is 1. The van der Waals surface area contributed by atoms with Gasteiger partial charge in [0.15, 0.2) is 11.5 Å². The number of aryl methyl sites for hydroxylation is 2. The Hall–Kier alpha value is -1.96. The second-order valence-electron chi connectivity index (χ2n) is 9.71. The van der Waals surface area contributed by atoms with Crippen molar-refractivity contribution in [2.45, 2.75) is 105 Å². The predicted octanol–water partition coefficient (Wildman–Crippen LogP) is 8.29. The largest absolute Gasteiger partial charge is 0.504 e. The molecule has 30 heavy (non-hydrogen) atoms. The molecule has 2 nitrogen and oxygen atoms in total. The molecule has 0 bridgehead atoms. The van der Waals surface area contributed by atoms with Crippen LogP contribution in [0, 0.1) is 13.8 Å². The first kappa shape index (κ1) is 24.3. The maximum absolute atomic E-state index is 10.5. The van der Waals surface area contributed by atoms with Crippen LogP contribution >= 0.6 is 0 Å². The molecule has 2 rings (SSSR count). The number of aromatic hydroxyl groups is 1. The van der Waals surface area contributed by atoms with Gasteiger partial charge in [-0.3, -0.25) is 0 Å². The van der Waals surface area contributed by atoms with Gasteiger partial charge in [0.05, 0.1) is 0 Å². The lowest BCUT2D eigenvalue weighted by molar-refractivity contribution is 0.0536. The van der Waals surface area contributed by atoms with E-state index in [1.807, 2.05) is 6.92 Å². The van der Waals surface area contributed by atoms with Crippen LogP contribution < -0.4 is 4.74 Å². The van der Waals surface area contributed by atoms with Gasteiger partial charge in [0.1, 0.15) is 5.60 Å². The Bertz CT molecular complexity index is 822. The van der Waals surface area contributed by atoms with Gasteiger partial charge in [-0.15, -0.1) is 0 Å². The Labute approximate surface area is 184 Å². The standard InChI is InChI=1S/C28H42O2/c1-20(2)11-8-12-21(3)13-9-14-22(4)15-10-17-28(7)18-16-25-19-23(5)24(6)26(29)27(25)30-28/h11,13,15,19,29H,8-10,12,14,16-18H2,1-7H3/b21-13+,22-15+/t28-/m0/s1. The minimum absolute atomic E-state index is 0.204. The van der Waals surface area contributed by atoms with Crippen LogP contribution in [0.5, 0.6) is 11.5 Å². The Balaban J connectivity index is 1.83. The normalized spacial score (nSPS) is 19.3. The highest BCUT2D eigenvalue weighted by Crippen LogP contribution is 2.44. The van der Waals surface area contributed by atoms with Crippen molar-refractivity contribution < 1.29 is 9.84 Å². The number of phenols is 1. The molecule has 2 heteroatoms.